The first-order valence-electron chi connectivity index (χ1n) is 7.77. The van der Waals surface area contributed by atoms with Crippen molar-refractivity contribution < 1.29 is 22.7 Å². The zero-order valence-corrected chi connectivity index (χ0v) is 14.3. The Morgan fingerprint density at radius 1 is 1.19 bits per heavy atom. The first-order valence-corrected chi connectivity index (χ1v) is 7.77. The van der Waals surface area contributed by atoms with Crippen LogP contribution in [0.4, 0.5) is 18.9 Å². The van der Waals surface area contributed by atoms with Crippen LogP contribution < -0.4 is 15.6 Å². The lowest BCUT2D eigenvalue weighted by molar-refractivity contribution is -0.167. The van der Waals surface area contributed by atoms with Gasteiger partial charge in [0.25, 0.3) is 5.56 Å². The number of nitrogens with one attached hydrogen (secondary N) is 1. The fraction of sp³-hybridized carbons (Fsp3) is 0.167. The summed E-state index contributed by atoms with van der Waals surface area (Å²) in [5.74, 6) is -1.74. The van der Waals surface area contributed by atoms with Gasteiger partial charge in [-0.2, -0.15) is 13.2 Å². The van der Waals surface area contributed by atoms with E-state index in [0.717, 1.165) is 0 Å². The highest BCUT2D eigenvalue weighted by molar-refractivity contribution is 5.96. The quantitative estimate of drug-likeness (QED) is 0.761. The fourth-order valence-electron chi connectivity index (χ4n) is 2.66. The molecule has 0 fully saturated rings. The van der Waals surface area contributed by atoms with Gasteiger partial charge in [-0.25, -0.2) is 4.98 Å². The van der Waals surface area contributed by atoms with Gasteiger partial charge in [-0.3, -0.25) is 14.2 Å². The number of benzene rings is 2. The topological polar surface area (TPSA) is 73.2 Å². The second kappa shape index (κ2) is 6.75. The predicted molar refractivity (Wildman–Crippen MR) is 93.3 cm³/mol. The van der Waals surface area contributed by atoms with Crippen molar-refractivity contribution in [1.29, 1.82) is 0 Å². The van der Waals surface area contributed by atoms with Crippen molar-refractivity contribution in [3.05, 3.63) is 58.6 Å². The lowest BCUT2D eigenvalue weighted by atomic mass is 10.2. The Labute approximate surface area is 151 Å². The van der Waals surface area contributed by atoms with Crippen LogP contribution in [0.1, 0.15) is 5.82 Å². The molecule has 1 aromatic heterocycles. The maximum absolute atomic E-state index is 12.8. The van der Waals surface area contributed by atoms with Crippen LogP contribution in [0.2, 0.25) is 0 Å². The molecule has 0 aliphatic rings. The number of ether oxygens (including phenoxy) is 1. The number of carbonyl (C=O) groups excluding carboxylic acids is 1. The van der Waals surface area contributed by atoms with Gasteiger partial charge in [-0.1, -0.05) is 12.1 Å². The third-order valence-electron chi connectivity index (χ3n) is 3.89. The number of amides is 1. The molecule has 3 aromatic rings. The Morgan fingerprint density at radius 2 is 1.89 bits per heavy atom. The molecule has 6 nitrogen and oxygen atoms in total. The van der Waals surface area contributed by atoms with Crippen molar-refractivity contribution >= 4 is 22.5 Å². The van der Waals surface area contributed by atoms with Crippen LogP contribution in [-0.4, -0.2) is 28.7 Å². The van der Waals surface area contributed by atoms with Gasteiger partial charge in [-0.05, 0) is 31.2 Å². The van der Waals surface area contributed by atoms with Crippen LogP contribution in [0, 0.1) is 6.92 Å². The van der Waals surface area contributed by atoms with Gasteiger partial charge in [0, 0.05) is 6.07 Å². The Balaban J connectivity index is 2.10. The molecule has 0 bridgehead atoms. The van der Waals surface area contributed by atoms with Gasteiger partial charge >= 0.3 is 12.1 Å². The van der Waals surface area contributed by atoms with Crippen LogP contribution in [-0.2, 0) is 4.79 Å². The molecule has 0 radical (unpaired) electrons. The van der Waals surface area contributed by atoms with E-state index in [0.29, 0.717) is 22.4 Å². The summed E-state index contributed by atoms with van der Waals surface area (Å²) in [5.41, 5.74) is 0.394. The van der Waals surface area contributed by atoms with Crippen molar-refractivity contribution in [2.75, 3.05) is 12.4 Å². The Morgan fingerprint density at radius 3 is 2.56 bits per heavy atom. The van der Waals surface area contributed by atoms with Crippen LogP contribution in [0.15, 0.2) is 47.3 Å². The van der Waals surface area contributed by atoms with E-state index in [1.54, 1.807) is 36.5 Å². The summed E-state index contributed by atoms with van der Waals surface area (Å²) >= 11 is 0. The number of rotatable bonds is 3. The van der Waals surface area contributed by atoms with Gasteiger partial charge in [0.2, 0.25) is 0 Å². The van der Waals surface area contributed by atoms with E-state index < -0.39 is 12.1 Å². The average molecular weight is 377 g/mol. The van der Waals surface area contributed by atoms with E-state index in [9.17, 15) is 22.8 Å². The van der Waals surface area contributed by atoms with Crippen molar-refractivity contribution in [1.82, 2.24) is 9.55 Å². The van der Waals surface area contributed by atoms with Crippen LogP contribution in [0.3, 0.4) is 0 Å². The van der Waals surface area contributed by atoms with Gasteiger partial charge in [-0.15, -0.1) is 0 Å². The van der Waals surface area contributed by atoms with E-state index >= 15 is 0 Å². The summed E-state index contributed by atoms with van der Waals surface area (Å²) in [6.45, 7) is 1.64. The lowest BCUT2D eigenvalue weighted by Gasteiger charge is -2.15. The van der Waals surface area contributed by atoms with Crippen molar-refractivity contribution in [3.8, 4) is 11.4 Å². The smallest absolute Gasteiger partial charge is 0.471 e. The third kappa shape index (κ3) is 3.48. The van der Waals surface area contributed by atoms with Crippen molar-refractivity contribution in [3.63, 3.8) is 0 Å². The highest BCUT2D eigenvalue weighted by Gasteiger charge is 2.39. The van der Waals surface area contributed by atoms with Gasteiger partial charge in [0.1, 0.15) is 11.6 Å². The van der Waals surface area contributed by atoms with Crippen molar-refractivity contribution in [2.24, 2.45) is 0 Å². The number of fused-ring (bicyclic) bond motifs is 1. The number of nitrogens with zero attached hydrogens (tertiary/aromatic N) is 2. The number of hydrogen-bond acceptors (Lipinski definition) is 4. The number of hydrogen-bond donors (Lipinski definition) is 1. The summed E-state index contributed by atoms with van der Waals surface area (Å²) in [5, 5.41) is 2.15. The molecule has 0 saturated heterocycles. The number of alkyl halides is 3. The predicted octanol–water partition coefficient (Wildman–Crippen LogP) is 3.20. The molecule has 9 heteroatoms. The number of para-hydroxylation sites is 1. The molecule has 27 heavy (non-hydrogen) atoms. The highest BCUT2D eigenvalue weighted by Crippen LogP contribution is 2.29. The van der Waals surface area contributed by atoms with Crippen LogP contribution in [0.25, 0.3) is 16.6 Å². The maximum Gasteiger partial charge on any atom is 0.471 e. The summed E-state index contributed by atoms with van der Waals surface area (Å²) in [6.07, 6.45) is -5.03. The second-order valence-electron chi connectivity index (χ2n) is 5.65. The van der Waals surface area contributed by atoms with E-state index in [4.69, 9.17) is 4.74 Å². The minimum Gasteiger partial charge on any atom is -0.494 e. The van der Waals surface area contributed by atoms with E-state index in [2.05, 4.69) is 4.98 Å². The Kier molecular flexibility index (Phi) is 4.61. The number of halogens is 3. The molecule has 0 aliphatic heterocycles. The molecular formula is C18H14F3N3O3. The van der Waals surface area contributed by atoms with E-state index in [1.165, 1.54) is 29.9 Å². The van der Waals surface area contributed by atoms with Crippen molar-refractivity contribution in [2.45, 2.75) is 13.1 Å². The first-order chi connectivity index (χ1) is 12.7. The monoisotopic (exact) mass is 377 g/mol. The Hall–Kier alpha value is -3.36. The number of anilines is 1. The molecule has 0 unspecified atom stereocenters. The fourth-order valence-corrected chi connectivity index (χ4v) is 2.66. The molecule has 0 aliphatic carbocycles. The first kappa shape index (κ1) is 18.4. The molecule has 0 saturated carbocycles. The molecule has 140 valence electrons. The lowest BCUT2D eigenvalue weighted by Crippen LogP contribution is -2.30. The second-order valence-corrected chi connectivity index (χ2v) is 5.65. The van der Waals surface area contributed by atoms with Gasteiger partial charge < -0.3 is 10.1 Å². The van der Waals surface area contributed by atoms with Gasteiger partial charge in [0.05, 0.1) is 29.4 Å². The molecule has 3 rings (SSSR count). The normalized spacial score (nSPS) is 11.4. The van der Waals surface area contributed by atoms with E-state index in [-0.39, 0.29) is 17.0 Å². The summed E-state index contributed by atoms with van der Waals surface area (Å²) in [6, 6.07) is 10.8. The molecule has 2 aromatic carbocycles. The molecule has 0 atom stereocenters. The maximum atomic E-state index is 12.8. The molecule has 1 N–H and O–H groups in total. The van der Waals surface area contributed by atoms with Gasteiger partial charge in [0.15, 0.2) is 0 Å². The number of aryl methyl sites for hydroxylation is 1. The minimum absolute atomic E-state index is 0.0236. The van der Waals surface area contributed by atoms with E-state index in [1.807, 2.05) is 0 Å². The van der Waals surface area contributed by atoms with Crippen LogP contribution in [0.5, 0.6) is 5.75 Å². The average Bonchev–Trinajstić information content (AvgIpc) is 2.62. The Bertz CT molecular complexity index is 1090. The molecule has 1 heterocycles. The largest absolute Gasteiger partial charge is 0.494 e. The number of carbonyl (C=O) groups is 1. The molecule has 1 amide bonds. The minimum atomic E-state index is -5.03. The zero-order valence-electron chi connectivity index (χ0n) is 14.3. The van der Waals surface area contributed by atoms with Crippen LogP contribution >= 0.6 is 0 Å². The third-order valence-corrected chi connectivity index (χ3v) is 3.89. The summed E-state index contributed by atoms with van der Waals surface area (Å²) < 4.78 is 43.8. The summed E-state index contributed by atoms with van der Waals surface area (Å²) in [4.78, 5) is 28.3. The summed E-state index contributed by atoms with van der Waals surface area (Å²) in [7, 11) is 1.25. The standard InChI is InChI=1S/C18H14F3N3O3/c1-10-22-13-6-4-3-5-12(13)16(25)24(10)11-7-8-14(15(9-11)27-2)23-17(26)18(19,20)21/h3-9H,1-2H3,(H,23,26). The number of methoxy groups -OCH3 is 1. The highest BCUT2D eigenvalue weighted by atomic mass is 19.4. The zero-order chi connectivity index (χ0) is 19.8. The molecular weight excluding hydrogens is 363 g/mol. The number of aromatic nitrogens is 2. The SMILES string of the molecule is COc1cc(-n2c(C)nc3ccccc3c2=O)ccc1NC(=O)C(F)(F)F. The molecule has 0 spiro atoms.